The molecule has 2 aromatic carbocycles. The van der Waals surface area contributed by atoms with E-state index in [-0.39, 0.29) is 11.0 Å². The minimum Gasteiger partial charge on any atom is -0.495 e. The van der Waals surface area contributed by atoms with Gasteiger partial charge in [0.15, 0.2) is 5.15 Å². The van der Waals surface area contributed by atoms with Crippen LogP contribution in [0.25, 0.3) is 22.2 Å². The molecule has 0 aliphatic carbocycles. The van der Waals surface area contributed by atoms with Crippen molar-refractivity contribution in [3.05, 3.63) is 70.5 Å². The molecule has 34 heavy (non-hydrogen) atoms. The van der Waals surface area contributed by atoms with Crippen molar-refractivity contribution in [1.29, 1.82) is 0 Å². The Morgan fingerprint density at radius 2 is 1.91 bits per heavy atom. The summed E-state index contributed by atoms with van der Waals surface area (Å²) < 4.78 is 26.1. The Morgan fingerprint density at radius 1 is 1.09 bits per heavy atom. The Hall–Kier alpha value is -3.36. The van der Waals surface area contributed by atoms with E-state index in [2.05, 4.69) is 25.1 Å². The highest BCUT2D eigenvalue weighted by molar-refractivity contribution is 6.29. The van der Waals surface area contributed by atoms with Crippen molar-refractivity contribution in [2.45, 2.75) is 13.3 Å². The van der Waals surface area contributed by atoms with E-state index in [4.69, 9.17) is 21.1 Å². The summed E-state index contributed by atoms with van der Waals surface area (Å²) in [6.45, 7) is 4.93. The molecule has 0 atom stereocenters. The van der Waals surface area contributed by atoms with E-state index in [0.717, 1.165) is 40.8 Å². The first-order valence-corrected chi connectivity index (χ1v) is 11.3. The molecule has 9 heteroatoms. The zero-order valence-electron chi connectivity index (χ0n) is 18.9. The summed E-state index contributed by atoms with van der Waals surface area (Å²) in [5.41, 5.74) is 5.10. The Bertz CT molecular complexity index is 1360. The van der Waals surface area contributed by atoms with Crippen LogP contribution in [0.5, 0.6) is 5.75 Å². The van der Waals surface area contributed by atoms with Gasteiger partial charge in [0.2, 0.25) is 0 Å². The summed E-state index contributed by atoms with van der Waals surface area (Å²) in [6.07, 6.45) is 1.89. The lowest BCUT2D eigenvalue weighted by Gasteiger charge is -2.29. The fourth-order valence-electron chi connectivity index (χ4n) is 4.23. The second-order valence-corrected chi connectivity index (χ2v) is 8.53. The van der Waals surface area contributed by atoms with Gasteiger partial charge in [0.25, 0.3) is 0 Å². The Kier molecular flexibility index (Phi) is 6.26. The maximum Gasteiger partial charge on any atom is 0.155 e. The minimum absolute atomic E-state index is 0.251. The standard InChI is InChI=1S/C25H23ClFN5O2/c1-15-9-20(27)19(10-16(15)11-22-23(33-2)13-24(26)31-30-22)25-18-4-3-17(12-21(18)28-14-29-25)32-5-7-34-8-6-32/h3-4,9-10,12-14H,5-8,11H2,1-2H3. The van der Waals surface area contributed by atoms with Crippen molar-refractivity contribution in [2.24, 2.45) is 0 Å². The molecular weight excluding hydrogens is 457 g/mol. The van der Waals surface area contributed by atoms with Crippen LogP contribution in [0.2, 0.25) is 5.15 Å². The van der Waals surface area contributed by atoms with Gasteiger partial charge in [-0.05, 0) is 48.4 Å². The van der Waals surface area contributed by atoms with Crippen LogP contribution >= 0.6 is 11.6 Å². The molecule has 1 aliphatic heterocycles. The SMILES string of the molecule is COc1cc(Cl)nnc1Cc1cc(-c2ncnc3cc(N4CCOCC4)ccc23)c(F)cc1C. The predicted octanol–water partition coefficient (Wildman–Crippen LogP) is 4.62. The van der Waals surface area contributed by atoms with E-state index < -0.39 is 0 Å². The molecule has 4 aromatic rings. The van der Waals surface area contributed by atoms with Gasteiger partial charge in [-0.15, -0.1) is 10.2 Å². The van der Waals surface area contributed by atoms with Gasteiger partial charge in [-0.2, -0.15) is 0 Å². The van der Waals surface area contributed by atoms with Gasteiger partial charge in [0, 0.05) is 42.2 Å². The first-order chi connectivity index (χ1) is 16.5. The average molecular weight is 480 g/mol. The van der Waals surface area contributed by atoms with Crippen LogP contribution in [0.3, 0.4) is 0 Å². The van der Waals surface area contributed by atoms with Crippen LogP contribution in [0.15, 0.2) is 42.7 Å². The number of ether oxygens (including phenoxy) is 2. The molecule has 1 saturated heterocycles. The molecule has 1 fully saturated rings. The molecule has 174 valence electrons. The summed E-state index contributed by atoms with van der Waals surface area (Å²) in [7, 11) is 1.55. The largest absolute Gasteiger partial charge is 0.495 e. The number of morpholine rings is 1. The zero-order chi connectivity index (χ0) is 23.7. The molecule has 0 bridgehead atoms. The monoisotopic (exact) mass is 479 g/mol. The van der Waals surface area contributed by atoms with E-state index in [1.54, 1.807) is 13.2 Å². The van der Waals surface area contributed by atoms with E-state index >= 15 is 4.39 Å². The van der Waals surface area contributed by atoms with Crippen molar-refractivity contribution >= 4 is 28.2 Å². The number of hydrogen-bond acceptors (Lipinski definition) is 7. The Labute approximate surface area is 201 Å². The fourth-order valence-corrected chi connectivity index (χ4v) is 4.36. The van der Waals surface area contributed by atoms with Crippen LogP contribution in [-0.4, -0.2) is 53.6 Å². The fraction of sp³-hybridized carbons (Fsp3) is 0.280. The maximum atomic E-state index is 15.2. The number of methoxy groups -OCH3 is 1. The lowest BCUT2D eigenvalue weighted by molar-refractivity contribution is 0.122. The number of halogens is 2. The van der Waals surface area contributed by atoms with E-state index in [9.17, 15) is 0 Å². The molecule has 0 saturated carbocycles. The number of fused-ring (bicyclic) bond motifs is 1. The van der Waals surface area contributed by atoms with Crippen LogP contribution in [0.4, 0.5) is 10.1 Å². The number of benzene rings is 2. The summed E-state index contributed by atoms with van der Waals surface area (Å²) in [5, 5.41) is 9.14. The topological polar surface area (TPSA) is 73.3 Å². The molecule has 5 rings (SSSR count). The summed E-state index contributed by atoms with van der Waals surface area (Å²) in [4.78, 5) is 11.2. The van der Waals surface area contributed by atoms with Gasteiger partial charge in [0.1, 0.15) is 23.6 Å². The normalized spacial score (nSPS) is 13.9. The smallest absolute Gasteiger partial charge is 0.155 e. The minimum atomic E-state index is -0.340. The molecule has 0 N–H and O–H groups in total. The Morgan fingerprint density at radius 3 is 2.71 bits per heavy atom. The first-order valence-electron chi connectivity index (χ1n) is 11.0. The molecule has 2 aromatic heterocycles. The summed E-state index contributed by atoms with van der Waals surface area (Å²) in [6, 6.07) is 11.0. The third-order valence-electron chi connectivity index (χ3n) is 6.06. The average Bonchev–Trinajstić information content (AvgIpc) is 2.86. The summed E-state index contributed by atoms with van der Waals surface area (Å²) in [5.74, 6) is 0.195. The lowest BCUT2D eigenvalue weighted by Crippen LogP contribution is -2.36. The molecule has 0 spiro atoms. The zero-order valence-corrected chi connectivity index (χ0v) is 19.6. The second-order valence-electron chi connectivity index (χ2n) is 8.14. The maximum absolute atomic E-state index is 15.2. The molecule has 7 nitrogen and oxygen atoms in total. The van der Waals surface area contributed by atoms with Gasteiger partial charge >= 0.3 is 0 Å². The molecule has 0 unspecified atom stereocenters. The molecule has 3 heterocycles. The molecule has 0 radical (unpaired) electrons. The van der Waals surface area contributed by atoms with E-state index in [1.165, 1.54) is 12.4 Å². The number of rotatable bonds is 5. The van der Waals surface area contributed by atoms with Gasteiger partial charge in [-0.3, -0.25) is 0 Å². The quantitative estimate of drug-likeness (QED) is 0.413. The summed E-state index contributed by atoms with van der Waals surface area (Å²) >= 11 is 5.95. The number of aromatic nitrogens is 4. The van der Waals surface area contributed by atoms with Crippen molar-refractivity contribution in [2.75, 3.05) is 38.3 Å². The van der Waals surface area contributed by atoms with Gasteiger partial charge in [0.05, 0.1) is 31.5 Å². The van der Waals surface area contributed by atoms with Crippen molar-refractivity contribution in [3.63, 3.8) is 0 Å². The van der Waals surface area contributed by atoms with Crippen molar-refractivity contribution in [1.82, 2.24) is 20.2 Å². The van der Waals surface area contributed by atoms with Crippen LogP contribution < -0.4 is 9.64 Å². The number of anilines is 1. The van der Waals surface area contributed by atoms with Gasteiger partial charge < -0.3 is 14.4 Å². The predicted molar refractivity (Wildman–Crippen MR) is 129 cm³/mol. The van der Waals surface area contributed by atoms with Crippen LogP contribution in [0, 0.1) is 12.7 Å². The van der Waals surface area contributed by atoms with Crippen LogP contribution in [-0.2, 0) is 11.2 Å². The first kappa shape index (κ1) is 22.4. The third kappa shape index (κ3) is 4.38. The number of aryl methyl sites for hydroxylation is 1. The van der Waals surface area contributed by atoms with E-state index in [1.807, 2.05) is 31.2 Å². The van der Waals surface area contributed by atoms with Gasteiger partial charge in [-0.1, -0.05) is 11.6 Å². The Balaban J connectivity index is 1.55. The van der Waals surface area contributed by atoms with Crippen LogP contribution in [0.1, 0.15) is 16.8 Å². The van der Waals surface area contributed by atoms with E-state index in [0.29, 0.717) is 42.3 Å². The molecule has 0 amide bonds. The van der Waals surface area contributed by atoms with Crippen molar-refractivity contribution < 1.29 is 13.9 Å². The molecular formula is C25H23ClFN5O2. The molecule has 1 aliphatic rings. The lowest BCUT2D eigenvalue weighted by atomic mass is 9.97. The highest BCUT2D eigenvalue weighted by atomic mass is 35.5. The van der Waals surface area contributed by atoms with Crippen molar-refractivity contribution in [3.8, 4) is 17.0 Å². The highest BCUT2D eigenvalue weighted by Gasteiger charge is 2.18. The number of hydrogen-bond donors (Lipinski definition) is 0. The second kappa shape index (κ2) is 9.48. The third-order valence-corrected chi connectivity index (χ3v) is 6.24. The number of nitrogens with zero attached hydrogens (tertiary/aromatic N) is 5. The van der Waals surface area contributed by atoms with Gasteiger partial charge in [-0.25, -0.2) is 14.4 Å². The highest BCUT2D eigenvalue weighted by Crippen LogP contribution is 2.33.